The number of rotatable bonds is 8. The first kappa shape index (κ1) is 22.7. The van der Waals surface area contributed by atoms with Gasteiger partial charge in [-0.2, -0.15) is 0 Å². The molecule has 0 saturated carbocycles. The largest absolute Gasteiger partial charge is 0.497 e. The van der Waals surface area contributed by atoms with Crippen LogP contribution in [-0.2, 0) is 9.59 Å². The maximum Gasteiger partial charge on any atom is 0.282 e. The zero-order valence-corrected chi connectivity index (χ0v) is 19.2. The monoisotopic (exact) mass is 460 g/mol. The zero-order chi connectivity index (χ0) is 24.2. The first-order valence-corrected chi connectivity index (χ1v) is 10.4. The van der Waals surface area contributed by atoms with Crippen molar-refractivity contribution in [2.45, 2.75) is 0 Å². The van der Waals surface area contributed by atoms with Crippen molar-refractivity contribution < 1.29 is 28.5 Å². The summed E-state index contributed by atoms with van der Waals surface area (Å²) in [6.07, 6.45) is 0. The second-order valence-electron chi connectivity index (χ2n) is 7.33. The third-order valence-corrected chi connectivity index (χ3v) is 5.39. The first-order chi connectivity index (χ1) is 16.5. The van der Waals surface area contributed by atoms with Gasteiger partial charge in [-0.25, -0.2) is 4.90 Å². The van der Waals surface area contributed by atoms with E-state index in [2.05, 4.69) is 5.32 Å². The molecule has 2 amide bonds. The highest BCUT2D eigenvalue weighted by atomic mass is 16.5. The highest BCUT2D eigenvalue weighted by Gasteiger charge is 2.40. The van der Waals surface area contributed by atoms with Gasteiger partial charge in [-0.3, -0.25) is 9.59 Å². The van der Waals surface area contributed by atoms with E-state index in [0.29, 0.717) is 39.9 Å². The molecule has 0 spiro atoms. The van der Waals surface area contributed by atoms with Gasteiger partial charge in [0, 0.05) is 30.0 Å². The van der Waals surface area contributed by atoms with Crippen LogP contribution in [0.15, 0.2) is 72.4 Å². The minimum Gasteiger partial charge on any atom is -0.497 e. The van der Waals surface area contributed by atoms with Gasteiger partial charge in [0.15, 0.2) is 11.5 Å². The van der Waals surface area contributed by atoms with Gasteiger partial charge in [0.25, 0.3) is 11.8 Å². The van der Waals surface area contributed by atoms with Gasteiger partial charge in [0.1, 0.15) is 17.2 Å². The van der Waals surface area contributed by atoms with Crippen LogP contribution in [0.1, 0.15) is 5.56 Å². The molecule has 0 unspecified atom stereocenters. The second-order valence-corrected chi connectivity index (χ2v) is 7.33. The molecular formula is C26H24N2O6. The smallest absolute Gasteiger partial charge is 0.282 e. The molecule has 1 N–H and O–H groups in total. The Balaban J connectivity index is 1.81. The molecule has 4 rings (SSSR count). The van der Waals surface area contributed by atoms with Crippen molar-refractivity contribution in [2.24, 2.45) is 0 Å². The van der Waals surface area contributed by atoms with Gasteiger partial charge < -0.3 is 24.3 Å². The molecule has 0 aromatic heterocycles. The van der Waals surface area contributed by atoms with Crippen LogP contribution in [0, 0.1) is 0 Å². The lowest BCUT2D eigenvalue weighted by atomic mass is 10.0. The molecule has 0 saturated heterocycles. The van der Waals surface area contributed by atoms with Crippen LogP contribution in [0.3, 0.4) is 0 Å². The van der Waals surface area contributed by atoms with Crippen LogP contribution in [0.4, 0.5) is 11.4 Å². The van der Waals surface area contributed by atoms with Crippen LogP contribution < -0.4 is 29.2 Å². The molecule has 1 aliphatic heterocycles. The molecule has 1 aliphatic rings. The summed E-state index contributed by atoms with van der Waals surface area (Å²) in [5.74, 6) is 1.01. The number of benzene rings is 3. The topological polar surface area (TPSA) is 86.3 Å². The summed E-state index contributed by atoms with van der Waals surface area (Å²) < 4.78 is 21.3. The molecule has 0 aliphatic carbocycles. The second kappa shape index (κ2) is 9.58. The maximum atomic E-state index is 13.6. The van der Waals surface area contributed by atoms with Gasteiger partial charge >= 0.3 is 0 Å². The van der Waals surface area contributed by atoms with E-state index in [1.54, 1.807) is 48.5 Å². The summed E-state index contributed by atoms with van der Waals surface area (Å²) in [5, 5.41) is 3.12. The number of methoxy groups -OCH3 is 4. The highest BCUT2D eigenvalue weighted by Crippen LogP contribution is 2.38. The summed E-state index contributed by atoms with van der Waals surface area (Å²) in [5.41, 5.74) is 1.90. The number of ether oxygens (including phenoxy) is 4. The number of carbonyl (C=O) groups excluding carboxylic acids is 2. The summed E-state index contributed by atoms with van der Waals surface area (Å²) in [6, 6.07) is 19.1. The lowest BCUT2D eigenvalue weighted by molar-refractivity contribution is -0.120. The molecule has 0 radical (unpaired) electrons. The normalized spacial score (nSPS) is 13.2. The fourth-order valence-electron chi connectivity index (χ4n) is 3.74. The number of carbonyl (C=O) groups is 2. The minimum atomic E-state index is -0.502. The molecule has 3 aromatic carbocycles. The predicted octanol–water partition coefficient (Wildman–Crippen LogP) is 4.12. The molecule has 0 atom stereocenters. The molecule has 8 nitrogen and oxygen atoms in total. The molecule has 8 heteroatoms. The SMILES string of the molecule is COc1cc(NC2=C(c3ccccc3)C(=O)N(c3ccc(OC)c(OC)c3)C2=O)cc(OC)c1. The number of hydrogen-bond acceptors (Lipinski definition) is 7. The predicted molar refractivity (Wildman–Crippen MR) is 129 cm³/mol. The zero-order valence-electron chi connectivity index (χ0n) is 19.2. The number of amides is 2. The number of nitrogens with one attached hydrogen (secondary N) is 1. The molecule has 34 heavy (non-hydrogen) atoms. The Morgan fingerprint density at radius 2 is 1.32 bits per heavy atom. The number of nitrogens with zero attached hydrogens (tertiary/aromatic N) is 1. The molecule has 174 valence electrons. The Labute approximate surface area is 197 Å². The average Bonchev–Trinajstić information content (AvgIpc) is 3.12. The van der Waals surface area contributed by atoms with E-state index in [9.17, 15) is 9.59 Å². The van der Waals surface area contributed by atoms with E-state index in [0.717, 1.165) is 4.90 Å². The van der Waals surface area contributed by atoms with Crippen LogP contribution in [-0.4, -0.2) is 40.3 Å². The van der Waals surface area contributed by atoms with E-state index < -0.39 is 11.8 Å². The molecule has 1 heterocycles. The van der Waals surface area contributed by atoms with E-state index in [4.69, 9.17) is 18.9 Å². The van der Waals surface area contributed by atoms with Gasteiger partial charge in [0.05, 0.1) is 39.7 Å². The van der Waals surface area contributed by atoms with E-state index in [1.807, 2.05) is 18.2 Å². The van der Waals surface area contributed by atoms with Crippen LogP contribution in [0.2, 0.25) is 0 Å². The average molecular weight is 460 g/mol. The molecular weight excluding hydrogens is 436 g/mol. The van der Waals surface area contributed by atoms with Crippen molar-refractivity contribution in [3.8, 4) is 23.0 Å². The van der Waals surface area contributed by atoms with E-state index in [1.165, 1.54) is 28.4 Å². The number of anilines is 2. The van der Waals surface area contributed by atoms with Crippen molar-refractivity contribution >= 4 is 28.8 Å². The number of imide groups is 1. The highest BCUT2D eigenvalue weighted by molar-refractivity contribution is 6.46. The Bertz CT molecular complexity index is 1250. The Kier molecular flexibility index (Phi) is 6.40. The van der Waals surface area contributed by atoms with Gasteiger partial charge in [-0.1, -0.05) is 30.3 Å². The summed E-state index contributed by atoms with van der Waals surface area (Å²) in [6.45, 7) is 0. The van der Waals surface area contributed by atoms with Crippen molar-refractivity contribution in [1.82, 2.24) is 0 Å². The van der Waals surface area contributed by atoms with Crippen molar-refractivity contribution in [1.29, 1.82) is 0 Å². The third kappa shape index (κ3) is 4.13. The summed E-state index contributed by atoms with van der Waals surface area (Å²) in [4.78, 5) is 28.3. The van der Waals surface area contributed by atoms with Gasteiger partial charge in [-0.05, 0) is 17.7 Å². The Morgan fingerprint density at radius 1 is 0.676 bits per heavy atom. The third-order valence-electron chi connectivity index (χ3n) is 5.39. The maximum absolute atomic E-state index is 13.6. The lowest BCUT2D eigenvalue weighted by Gasteiger charge is -2.17. The Morgan fingerprint density at radius 3 is 1.91 bits per heavy atom. The summed E-state index contributed by atoms with van der Waals surface area (Å²) >= 11 is 0. The quantitative estimate of drug-likeness (QED) is 0.506. The lowest BCUT2D eigenvalue weighted by Crippen LogP contribution is -2.32. The minimum absolute atomic E-state index is 0.140. The van der Waals surface area contributed by atoms with Crippen molar-refractivity contribution in [3.63, 3.8) is 0 Å². The van der Waals surface area contributed by atoms with Crippen molar-refractivity contribution in [2.75, 3.05) is 38.7 Å². The first-order valence-electron chi connectivity index (χ1n) is 10.4. The van der Waals surface area contributed by atoms with Gasteiger partial charge in [-0.15, -0.1) is 0 Å². The Hall–Kier alpha value is -4.46. The standard InChI is InChI=1S/C26H24N2O6/c1-31-19-12-17(13-20(15-19)32-2)27-24-23(16-8-6-5-7-9-16)25(29)28(26(24)30)18-10-11-21(33-3)22(14-18)34-4/h5-15,27H,1-4H3. The molecule has 3 aromatic rings. The van der Waals surface area contributed by atoms with Crippen LogP contribution in [0.25, 0.3) is 5.57 Å². The van der Waals surface area contributed by atoms with Gasteiger partial charge in [0.2, 0.25) is 0 Å². The molecule has 0 bridgehead atoms. The van der Waals surface area contributed by atoms with Crippen molar-refractivity contribution in [3.05, 3.63) is 78.0 Å². The number of hydrogen-bond donors (Lipinski definition) is 1. The van der Waals surface area contributed by atoms with Crippen LogP contribution >= 0.6 is 0 Å². The fraction of sp³-hybridized carbons (Fsp3) is 0.154. The van der Waals surface area contributed by atoms with E-state index in [-0.39, 0.29) is 11.3 Å². The van der Waals surface area contributed by atoms with E-state index >= 15 is 0 Å². The molecule has 0 fully saturated rings. The van der Waals surface area contributed by atoms with Crippen LogP contribution in [0.5, 0.6) is 23.0 Å². The fourth-order valence-corrected chi connectivity index (χ4v) is 3.74. The summed E-state index contributed by atoms with van der Waals surface area (Å²) in [7, 11) is 6.09.